The predicted octanol–water partition coefficient (Wildman–Crippen LogP) is 1.82. The van der Waals surface area contributed by atoms with Crippen molar-refractivity contribution >= 4 is 22.8 Å². The minimum Gasteiger partial charge on any atom is -0.497 e. The average molecular weight is 408 g/mol. The fraction of sp³-hybridized carbons (Fsp3) is 0.150. The highest BCUT2D eigenvalue weighted by atomic mass is 19.1. The molecule has 1 N–H and O–H groups in total. The first kappa shape index (κ1) is 19.2. The minimum atomic E-state index is -0.480. The van der Waals surface area contributed by atoms with Crippen molar-refractivity contribution in [1.82, 2.24) is 24.5 Å². The molecule has 0 aliphatic carbocycles. The number of anilines is 1. The number of amides is 1. The molecule has 9 nitrogen and oxygen atoms in total. The molecule has 152 valence electrons. The normalized spacial score (nSPS) is 10.9. The van der Waals surface area contributed by atoms with Crippen LogP contribution in [0.2, 0.25) is 0 Å². The van der Waals surface area contributed by atoms with Gasteiger partial charge in [0.25, 0.3) is 5.56 Å². The summed E-state index contributed by atoms with van der Waals surface area (Å²) in [6.07, 6.45) is 1.28. The van der Waals surface area contributed by atoms with E-state index in [4.69, 9.17) is 4.74 Å². The summed E-state index contributed by atoms with van der Waals surface area (Å²) < 4.78 is 20.8. The van der Waals surface area contributed by atoms with Crippen molar-refractivity contribution in [2.45, 2.75) is 13.1 Å². The number of halogens is 1. The monoisotopic (exact) mass is 408 g/mol. The highest BCUT2D eigenvalue weighted by Gasteiger charge is 2.14. The van der Waals surface area contributed by atoms with E-state index in [1.807, 2.05) is 0 Å². The standard InChI is InChI=1S/C20H17FN6O3/c1-30-16-4-2-3-15(9-16)23-17(28)11-26-12-22-19-18(20(26)29)24-25-27(19)10-13-5-7-14(21)8-6-13/h2-9,12H,10-11H2,1H3,(H,23,28). The number of hydrogen-bond acceptors (Lipinski definition) is 6. The van der Waals surface area contributed by atoms with Crippen LogP contribution in [0.3, 0.4) is 0 Å². The number of aromatic nitrogens is 5. The number of fused-ring (bicyclic) bond motifs is 1. The third-order valence-corrected chi connectivity index (χ3v) is 4.40. The van der Waals surface area contributed by atoms with Crippen LogP contribution in [0.1, 0.15) is 5.56 Å². The van der Waals surface area contributed by atoms with Gasteiger partial charge in [0.2, 0.25) is 5.91 Å². The lowest BCUT2D eigenvalue weighted by molar-refractivity contribution is -0.116. The number of hydrogen-bond donors (Lipinski definition) is 1. The smallest absolute Gasteiger partial charge is 0.283 e. The van der Waals surface area contributed by atoms with Gasteiger partial charge in [-0.3, -0.25) is 14.2 Å². The van der Waals surface area contributed by atoms with Gasteiger partial charge in [0.05, 0.1) is 13.7 Å². The van der Waals surface area contributed by atoms with Crippen LogP contribution in [-0.2, 0) is 17.9 Å². The summed E-state index contributed by atoms with van der Waals surface area (Å²) in [6, 6.07) is 12.8. The second-order valence-electron chi connectivity index (χ2n) is 6.50. The number of carbonyl (C=O) groups excluding carboxylic acids is 1. The van der Waals surface area contributed by atoms with Gasteiger partial charge in [-0.2, -0.15) is 0 Å². The Bertz CT molecular complexity index is 1270. The van der Waals surface area contributed by atoms with E-state index in [-0.39, 0.29) is 30.1 Å². The van der Waals surface area contributed by atoms with Gasteiger partial charge in [-0.15, -0.1) is 5.10 Å². The second kappa shape index (κ2) is 8.11. The van der Waals surface area contributed by atoms with Crippen molar-refractivity contribution in [2.24, 2.45) is 0 Å². The Labute approximate surface area is 169 Å². The summed E-state index contributed by atoms with van der Waals surface area (Å²) in [5, 5.41) is 10.6. The van der Waals surface area contributed by atoms with Crippen molar-refractivity contribution in [1.29, 1.82) is 0 Å². The summed E-state index contributed by atoms with van der Waals surface area (Å²) in [4.78, 5) is 29.2. The van der Waals surface area contributed by atoms with Crippen LogP contribution in [0.15, 0.2) is 59.7 Å². The first-order valence-corrected chi connectivity index (χ1v) is 9.00. The van der Waals surface area contributed by atoms with Crippen LogP contribution >= 0.6 is 0 Å². The van der Waals surface area contributed by atoms with Gasteiger partial charge >= 0.3 is 0 Å². The number of carbonyl (C=O) groups is 1. The van der Waals surface area contributed by atoms with Crippen molar-refractivity contribution in [3.63, 3.8) is 0 Å². The molecule has 0 atom stereocenters. The minimum absolute atomic E-state index is 0.0498. The number of nitrogens with one attached hydrogen (secondary N) is 1. The van der Waals surface area contributed by atoms with Gasteiger partial charge in [-0.1, -0.05) is 23.4 Å². The van der Waals surface area contributed by atoms with E-state index in [1.54, 1.807) is 36.4 Å². The zero-order chi connectivity index (χ0) is 21.1. The lowest BCUT2D eigenvalue weighted by Crippen LogP contribution is -2.28. The van der Waals surface area contributed by atoms with E-state index < -0.39 is 11.5 Å². The summed E-state index contributed by atoms with van der Waals surface area (Å²) in [7, 11) is 1.53. The summed E-state index contributed by atoms with van der Waals surface area (Å²) in [5.41, 5.74) is 1.19. The van der Waals surface area contributed by atoms with Gasteiger partial charge < -0.3 is 10.1 Å². The maximum absolute atomic E-state index is 13.1. The third kappa shape index (κ3) is 4.02. The fourth-order valence-corrected chi connectivity index (χ4v) is 2.93. The number of ether oxygens (including phenoxy) is 1. The summed E-state index contributed by atoms with van der Waals surface area (Å²) >= 11 is 0. The molecule has 0 unspecified atom stereocenters. The van der Waals surface area contributed by atoms with Crippen molar-refractivity contribution in [3.05, 3.63) is 76.6 Å². The van der Waals surface area contributed by atoms with Gasteiger partial charge in [0, 0.05) is 11.8 Å². The molecule has 0 aliphatic heterocycles. The highest BCUT2D eigenvalue weighted by Crippen LogP contribution is 2.16. The Balaban J connectivity index is 1.52. The number of benzene rings is 2. The van der Waals surface area contributed by atoms with Crippen LogP contribution in [0, 0.1) is 5.82 Å². The van der Waals surface area contributed by atoms with Gasteiger partial charge in [0.1, 0.15) is 24.4 Å². The molecule has 0 bridgehead atoms. The Morgan fingerprint density at radius 2 is 2.00 bits per heavy atom. The third-order valence-electron chi connectivity index (χ3n) is 4.40. The molecule has 4 aromatic rings. The quantitative estimate of drug-likeness (QED) is 0.522. The van der Waals surface area contributed by atoms with E-state index in [0.717, 1.165) is 10.1 Å². The van der Waals surface area contributed by atoms with Gasteiger partial charge in [-0.25, -0.2) is 14.1 Å². The largest absolute Gasteiger partial charge is 0.497 e. The topological polar surface area (TPSA) is 104 Å². The Morgan fingerprint density at radius 3 is 2.77 bits per heavy atom. The molecule has 10 heteroatoms. The molecule has 2 aromatic carbocycles. The maximum Gasteiger partial charge on any atom is 0.283 e. The second-order valence-corrected chi connectivity index (χ2v) is 6.50. The molecule has 0 radical (unpaired) electrons. The molecule has 0 spiro atoms. The van der Waals surface area contributed by atoms with E-state index in [2.05, 4.69) is 20.6 Å². The Hall–Kier alpha value is -4.08. The van der Waals surface area contributed by atoms with E-state index >= 15 is 0 Å². The van der Waals surface area contributed by atoms with Crippen LogP contribution in [-0.4, -0.2) is 37.6 Å². The highest BCUT2D eigenvalue weighted by molar-refractivity contribution is 5.90. The van der Waals surface area contributed by atoms with E-state index in [0.29, 0.717) is 11.4 Å². The fourth-order valence-electron chi connectivity index (χ4n) is 2.93. The van der Waals surface area contributed by atoms with Crippen molar-refractivity contribution in [2.75, 3.05) is 12.4 Å². The number of nitrogens with zero attached hydrogens (tertiary/aromatic N) is 5. The lowest BCUT2D eigenvalue weighted by atomic mass is 10.2. The van der Waals surface area contributed by atoms with E-state index in [9.17, 15) is 14.0 Å². The number of rotatable bonds is 6. The summed E-state index contributed by atoms with van der Waals surface area (Å²) in [5.74, 6) is -0.133. The first-order valence-electron chi connectivity index (χ1n) is 9.00. The molecule has 30 heavy (non-hydrogen) atoms. The van der Waals surface area contributed by atoms with Gasteiger partial charge in [0.15, 0.2) is 11.2 Å². The average Bonchev–Trinajstić information content (AvgIpc) is 3.15. The van der Waals surface area contributed by atoms with Crippen LogP contribution in [0.4, 0.5) is 10.1 Å². The summed E-state index contributed by atoms with van der Waals surface area (Å²) in [6.45, 7) is 0.0490. The molecule has 1 amide bonds. The molecule has 0 aliphatic rings. The van der Waals surface area contributed by atoms with Gasteiger partial charge in [-0.05, 0) is 29.8 Å². The van der Waals surface area contributed by atoms with Crippen LogP contribution in [0.25, 0.3) is 11.2 Å². The zero-order valence-electron chi connectivity index (χ0n) is 15.9. The van der Waals surface area contributed by atoms with Crippen LogP contribution < -0.4 is 15.6 Å². The molecule has 2 heterocycles. The molecule has 0 saturated carbocycles. The molecule has 4 rings (SSSR count). The predicted molar refractivity (Wildman–Crippen MR) is 107 cm³/mol. The van der Waals surface area contributed by atoms with Crippen molar-refractivity contribution < 1.29 is 13.9 Å². The Morgan fingerprint density at radius 1 is 1.20 bits per heavy atom. The molecular weight excluding hydrogens is 391 g/mol. The number of methoxy groups -OCH3 is 1. The SMILES string of the molecule is COc1cccc(NC(=O)Cn2cnc3c(nnn3Cc3ccc(F)cc3)c2=O)c1. The molecule has 0 saturated heterocycles. The first-order chi connectivity index (χ1) is 14.5. The maximum atomic E-state index is 13.1. The molecule has 0 fully saturated rings. The molecule has 2 aromatic heterocycles. The zero-order valence-corrected chi connectivity index (χ0v) is 15.9. The van der Waals surface area contributed by atoms with Crippen molar-refractivity contribution in [3.8, 4) is 5.75 Å². The molecular formula is C20H17FN6O3. The van der Waals surface area contributed by atoms with Crippen LogP contribution in [0.5, 0.6) is 5.75 Å². The Kier molecular flexibility index (Phi) is 5.21. The lowest BCUT2D eigenvalue weighted by Gasteiger charge is -2.08. The van der Waals surface area contributed by atoms with E-state index in [1.165, 1.54) is 30.3 Å².